The fourth-order valence-electron chi connectivity index (χ4n) is 4.59. The van der Waals surface area contributed by atoms with Gasteiger partial charge in [-0.25, -0.2) is 0 Å². The van der Waals surface area contributed by atoms with Gasteiger partial charge in [0.25, 0.3) is 0 Å². The average Bonchev–Trinajstić information content (AvgIpc) is 3.20. The number of rotatable bonds is 4. The lowest BCUT2D eigenvalue weighted by molar-refractivity contribution is -0.121. The van der Waals surface area contributed by atoms with Gasteiger partial charge in [-0.3, -0.25) is 9.78 Å². The zero-order valence-electron chi connectivity index (χ0n) is 16.0. The van der Waals surface area contributed by atoms with E-state index >= 15 is 0 Å². The van der Waals surface area contributed by atoms with Crippen molar-refractivity contribution in [2.24, 2.45) is 17.8 Å². The molecule has 1 saturated carbocycles. The van der Waals surface area contributed by atoms with Gasteiger partial charge in [-0.1, -0.05) is 50.3 Å². The Balaban J connectivity index is 0.00000140. The van der Waals surface area contributed by atoms with Crippen LogP contribution in [0.15, 0.2) is 48.8 Å². The normalized spacial score (nSPS) is 22.0. The fourth-order valence-corrected chi connectivity index (χ4v) is 4.59. The summed E-state index contributed by atoms with van der Waals surface area (Å²) < 4.78 is 0. The molecule has 152 valence electrons. The molecule has 1 aliphatic carbocycles. The number of carbonyl (C=O) groups is 1. The minimum Gasteiger partial charge on any atom is -0.326 e. The van der Waals surface area contributed by atoms with Crippen LogP contribution >= 0.6 is 24.8 Å². The average molecular weight is 422 g/mol. The number of carbonyl (C=O) groups excluding carboxylic acids is 1. The Bertz CT molecular complexity index is 750. The van der Waals surface area contributed by atoms with E-state index in [2.05, 4.69) is 21.7 Å². The maximum atomic E-state index is 13.0. The molecule has 2 aromatic rings. The lowest BCUT2D eigenvalue weighted by Crippen LogP contribution is -2.33. The van der Waals surface area contributed by atoms with Gasteiger partial charge in [0.2, 0.25) is 5.91 Å². The number of benzene rings is 1. The third-order valence-electron chi connectivity index (χ3n) is 5.98. The van der Waals surface area contributed by atoms with E-state index in [1.54, 1.807) is 6.20 Å². The third-order valence-corrected chi connectivity index (χ3v) is 5.98. The molecule has 6 heteroatoms. The fraction of sp³-hybridized carbons (Fsp3) is 0.455. The van der Waals surface area contributed by atoms with Crippen molar-refractivity contribution >= 4 is 36.4 Å². The summed E-state index contributed by atoms with van der Waals surface area (Å²) in [5.41, 5.74) is 3.00. The Morgan fingerprint density at radius 2 is 1.79 bits per heavy atom. The van der Waals surface area contributed by atoms with Crippen LogP contribution in [0, 0.1) is 17.8 Å². The number of nitrogens with one attached hydrogen (secondary N) is 2. The van der Waals surface area contributed by atoms with E-state index in [-0.39, 0.29) is 36.6 Å². The Morgan fingerprint density at radius 1 is 1.00 bits per heavy atom. The molecule has 2 atom stereocenters. The second-order valence-corrected chi connectivity index (χ2v) is 7.64. The van der Waals surface area contributed by atoms with Crippen LogP contribution in [-0.4, -0.2) is 24.0 Å². The number of anilines is 1. The number of hydrogen-bond acceptors (Lipinski definition) is 3. The van der Waals surface area contributed by atoms with E-state index in [1.165, 1.54) is 32.1 Å². The Hall–Kier alpha value is -1.62. The summed E-state index contributed by atoms with van der Waals surface area (Å²) in [4.78, 5) is 17.1. The van der Waals surface area contributed by atoms with Gasteiger partial charge in [-0.05, 0) is 42.1 Å². The Morgan fingerprint density at radius 3 is 2.54 bits per heavy atom. The molecule has 1 amide bonds. The number of aromatic nitrogens is 1. The smallest absolute Gasteiger partial charge is 0.229 e. The van der Waals surface area contributed by atoms with Crippen LogP contribution in [0.25, 0.3) is 11.1 Å². The van der Waals surface area contributed by atoms with Crippen molar-refractivity contribution in [2.45, 2.75) is 32.1 Å². The van der Waals surface area contributed by atoms with Crippen LogP contribution in [0.5, 0.6) is 0 Å². The van der Waals surface area contributed by atoms with E-state index < -0.39 is 0 Å². The molecule has 28 heavy (non-hydrogen) atoms. The van der Waals surface area contributed by atoms with Crippen molar-refractivity contribution in [1.82, 2.24) is 10.3 Å². The van der Waals surface area contributed by atoms with Gasteiger partial charge in [0.1, 0.15) is 0 Å². The predicted octanol–water partition coefficient (Wildman–Crippen LogP) is 4.95. The first-order valence-electron chi connectivity index (χ1n) is 9.83. The highest BCUT2D eigenvalue weighted by atomic mass is 35.5. The molecule has 2 N–H and O–H groups in total. The SMILES string of the molecule is Cl.Cl.O=C(Nc1cccc(-c2cccnc2)c1)C1CNCC1C1CCCCC1. The highest BCUT2D eigenvalue weighted by Crippen LogP contribution is 2.36. The van der Waals surface area contributed by atoms with E-state index in [9.17, 15) is 4.79 Å². The van der Waals surface area contributed by atoms with Crippen molar-refractivity contribution in [3.8, 4) is 11.1 Å². The first-order chi connectivity index (χ1) is 12.8. The zero-order valence-corrected chi connectivity index (χ0v) is 17.6. The molecule has 2 fully saturated rings. The number of pyridine rings is 1. The maximum Gasteiger partial charge on any atom is 0.229 e. The molecule has 1 saturated heterocycles. The highest BCUT2D eigenvalue weighted by Gasteiger charge is 2.38. The summed E-state index contributed by atoms with van der Waals surface area (Å²) >= 11 is 0. The van der Waals surface area contributed by atoms with Gasteiger partial charge in [0, 0.05) is 30.2 Å². The molecule has 0 radical (unpaired) electrons. The lowest BCUT2D eigenvalue weighted by Gasteiger charge is -2.30. The van der Waals surface area contributed by atoms with E-state index in [0.29, 0.717) is 11.8 Å². The minimum absolute atomic E-state index is 0. The Labute approximate surface area is 179 Å². The van der Waals surface area contributed by atoms with Gasteiger partial charge in [0.05, 0.1) is 5.92 Å². The predicted molar refractivity (Wildman–Crippen MR) is 119 cm³/mol. The molecule has 2 aliphatic rings. The summed E-state index contributed by atoms with van der Waals surface area (Å²) in [7, 11) is 0. The molecule has 1 aliphatic heterocycles. The summed E-state index contributed by atoms with van der Waals surface area (Å²) in [6.45, 7) is 1.79. The molecular weight excluding hydrogens is 393 g/mol. The lowest BCUT2D eigenvalue weighted by atomic mass is 9.75. The molecule has 1 aromatic heterocycles. The van der Waals surface area contributed by atoms with E-state index in [0.717, 1.165) is 29.9 Å². The number of amides is 1. The summed E-state index contributed by atoms with van der Waals surface area (Å²) in [5.74, 6) is 1.43. The number of halogens is 2. The molecular formula is C22H29Cl2N3O. The zero-order chi connectivity index (χ0) is 17.8. The Kier molecular flexibility index (Phi) is 8.74. The van der Waals surface area contributed by atoms with Crippen molar-refractivity contribution in [3.05, 3.63) is 48.8 Å². The van der Waals surface area contributed by atoms with Gasteiger partial charge in [-0.15, -0.1) is 24.8 Å². The van der Waals surface area contributed by atoms with Crippen molar-refractivity contribution in [1.29, 1.82) is 0 Å². The van der Waals surface area contributed by atoms with Crippen molar-refractivity contribution < 1.29 is 4.79 Å². The van der Waals surface area contributed by atoms with Crippen LogP contribution in [0.2, 0.25) is 0 Å². The van der Waals surface area contributed by atoms with Gasteiger partial charge in [-0.2, -0.15) is 0 Å². The largest absolute Gasteiger partial charge is 0.326 e. The van der Waals surface area contributed by atoms with Crippen LogP contribution in [0.4, 0.5) is 5.69 Å². The molecule has 0 bridgehead atoms. The summed E-state index contributed by atoms with van der Waals surface area (Å²) in [6, 6.07) is 12.0. The molecule has 1 aromatic carbocycles. The number of hydrogen-bond donors (Lipinski definition) is 2. The second-order valence-electron chi connectivity index (χ2n) is 7.64. The van der Waals surface area contributed by atoms with Crippen LogP contribution < -0.4 is 10.6 Å². The monoisotopic (exact) mass is 421 g/mol. The van der Waals surface area contributed by atoms with E-state index in [4.69, 9.17) is 0 Å². The van der Waals surface area contributed by atoms with E-state index in [1.807, 2.05) is 36.5 Å². The topological polar surface area (TPSA) is 54.0 Å². The van der Waals surface area contributed by atoms with Gasteiger partial charge < -0.3 is 10.6 Å². The quantitative estimate of drug-likeness (QED) is 0.734. The van der Waals surface area contributed by atoms with Crippen molar-refractivity contribution in [3.63, 3.8) is 0 Å². The van der Waals surface area contributed by atoms with Crippen LogP contribution in [0.3, 0.4) is 0 Å². The third kappa shape index (κ3) is 5.25. The molecule has 2 unspecified atom stereocenters. The number of nitrogens with zero attached hydrogens (tertiary/aromatic N) is 1. The maximum absolute atomic E-state index is 13.0. The molecule has 4 rings (SSSR count). The molecule has 0 spiro atoms. The van der Waals surface area contributed by atoms with Crippen molar-refractivity contribution in [2.75, 3.05) is 18.4 Å². The van der Waals surface area contributed by atoms with Crippen LogP contribution in [0.1, 0.15) is 32.1 Å². The minimum atomic E-state index is 0. The molecule has 2 heterocycles. The van der Waals surface area contributed by atoms with Gasteiger partial charge >= 0.3 is 0 Å². The standard InChI is InChI=1S/C22H27N3O.2ClH/c26-22(21-15-24-14-20(21)16-6-2-1-3-7-16)25-19-10-4-8-17(12-19)18-9-5-11-23-13-18;;/h4-5,8-13,16,20-21,24H,1-3,6-7,14-15H2,(H,25,26);2*1H. The second kappa shape index (κ2) is 10.8. The summed E-state index contributed by atoms with van der Waals surface area (Å²) in [5, 5.41) is 6.62. The highest BCUT2D eigenvalue weighted by molar-refractivity contribution is 5.93. The first-order valence-corrected chi connectivity index (χ1v) is 9.83. The molecule has 4 nitrogen and oxygen atoms in total. The summed E-state index contributed by atoms with van der Waals surface area (Å²) in [6.07, 6.45) is 10.2. The van der Waals surface area contributed by atoms with Crippen LogP contribution in [-0.2, 0) is 4.79 Å². The van der Waals surface area contributed by atoms with Gasteiger partial charge in [0.15, 0.2) is 0 Å². The first kappa shape index (κ1) is 22.7.